The third-order valence-electron chi connectivity index (χ3n) is 1.90. The minimum atomic E-state index is -0.0128. The summed E-state index contributed by atoms with van der Waals surface area (Å²) in [4.78, 5) is 10.8. The van der Waals surface area contributed by atoms with Crippen LogP contribution in [0.5, 0.6) is 0 Å². The van der Waals surface area contributed by atoms with Gasteiger partial charge in [-0.15, -0.1) is 0 Å². The molecule has 0 saturated carbocycles. The summed E-state index contributed by atoms with van der Waals surface area (Å²) in [6.07, 6.45) is 1.13. The average Bonchev–Trinajstić information content (AvgIpc) is 1.84. The highest BCUT2D eigenvalue weighted by Crippen LogP contribution is 2.27. The molecule has 0 aromatic carbocycles. The van der Waals surface area contributed by atoms with Crippen molar-refractivity contribution in [2.24, 2.45) is 11.8 Å². The molecule has 0 N–H and O–H groups in total. The zero-order valence-electron chi connectivity index (χ0n) is 6.76. The predicted octanol–water partition coefficient (Wildman–Crippen LogP) is 1.59. The lowest BCUT2D eigenvalue weighted by Gasteiger charge is -2.33. The van der Waals surface area contributed by atoms with Gasteiger partial charge >= 0.3 is 5.97 Å². The van der Waals surface area contributed by atoms with Crippen LogP contribution in [0.4, 0.5) is 0 Å². The maximum Gasteiger partial charge on any atom is 0.312 e. The van der Waals surface area contributed by atoms with Crippen LogP contribution in [-0.4, -0.2) is 12.1 Å². The fourth-order valence-electron chi connectivity index (χ4n) is 1.27. The molecule has 0 aromatic rings. The van der Waals surface area contributed by atoms with Crippen LogP contribution >= 0.6 is 0 Å². The summed E-state index contributed by atoms with van der Waals surface area (Å²) in [7, 11) is 0. The number of ether oxygens (including phenoxy) is 1. The lowest BCUT2D eigenvalue weighted by atomic mass is 9.89. The van der Waals surface area contributed by atoms with Crippen molar-refractivity contribution in [2.45, 2.75) is 33.3 Å². The summed E-state index contributed by atoms with van der Waals surface area (Å²) >= 11 is 0. The van der Waals surface area contributed by atoms with E-state index in [-0.39, 0.29) is 18.0 Å². The minimum Gasteiger partial charge on any atom is -0.461 e. The second-order valence-electron chi connectivity index (χ2n) is 3.38. The molecule has 10 heavy (non-hydrogen) atoms. The molecule has 2 nitrogen and oxygen atoms in total. The second-order valence-corrected chi connectivity index (χ2v) is 3.38. The maximum absolute atomic E-state index is 10.8. The van der Waals surface area contributed by atoms with Crippen LogP contribution in [0, 0.1) is 11.8 Å². The first-order valence-electron chi connectivity index (χ1n) is 3.81. The van der Waals surface area contributed by atoms with Crippen LogP contribution in [-0.2, 0) is 9.53 Å². The maximum atomic E-state index is 10.8. The molecule has 1 saturated heterocycles. The Labute approximate surface area is 61.6 Å². The molecule has 1 aliphatic heterocycles. The third-order valence-corrected chi connectivity index (χ3v) is 1.90. The third kappa shape index (κ3) is 1.31. The summed E-state index contributed by atoms with van der Waals surface area (Å²) in [5, 5.41) is 0. The normalized spacial score (nSPS) is 31.8. The van der Waals surface area contributed by atoms with Crippen molar-refractivity contribution < 1.29 is 9.53 Å². The van der Waals surface area contributed by atoms with Crippen LogP contribution in [0.3, 0.4) is 0 Å². The van der Waals surface area contributed by atoms with Gasteiger partial charge in [-0.25, -0.2) is 0 Å². The summed E-state index contributed by atoms with van der Waals surface area (Å²) in [6.45, 7) is 6.20. The minimum absolute atomic E-state index is 0.0128. The van der Waals surface area contributed by atoms with Crippen molar-refractivity contribution in [1.82, 2.24) is 0 Å². The number of esters is 1. The van der Waals surface area contributed by atoms with Gasteiger partial charge in [-0.05, 0) is 19.3 Å². The van der Waals surface area contributed by atoms with E-state index in [1.165, 1.54) is 0 Å². The van der Waals surface area contributed by atoms with Crippen molar-refractivity contribution >= 4 is 5.97 Å². The van der Waals surface area contributed by atoms with Crippen molar-refractivity contribution in [2.75, 3.05) is 0 Å². The molecule has 58 valence electrons. The van der Waals surface area contributed by atoms with Gasteiger partial charge in [-0.3, -0.25) is 4.79 Å². The van der Waals surface area contributed by atoms with Crippen molar-refractivity contribution in [3.63, 3.8) is 0 Å². The summed E-state index contributed by atoms with van der Waals surface area (Å²) in [5.74, 6) is 0.765. The molecule has 1 aliphatic rings. The van der Waals surface area contributed by atoms with E-state index >= 15 is 0 Å². The largest absolute Gasteiger partial charge is 0.461 e. The number of cyclic esters (lactones) is 1. The van der Waals surface area contributed by atoms with Gasteiger partial charge in [0.2, 0.25) is 0 Å². The second kappa shape index (κ2) is 2.60. The van der Waals surface area contributed by atoms with Gasteiger partial charge < -0.3 is 4.74 Å². The fraction of sp³-hybridized carbons (Fsp3) is 0.875. The molecule has 1 rings (SSSR count). The van der Waals surface area contributed by atoms with Gasteiger partial charge in [-0.2, -0.15) is 0 Å². The first kappa shape index (κ1) is 7.58. The van der Waals surface area contributed by atoms with Crippen molar-refractivity contribution in [3.8, 4) is 0 Å². The van der Waals surface area contributed by atoms with E-state index in [0.717, 1.165) is 6.42 Å². The van der Waals surface area contributed by atoms with Gasteiger partial charge in [0.25, 0.3) is 0 Å². The van der Waals surface area contributed by atoms with Gasteiger partial charge in [0.05, 0.1) is 5.92 Å². The topological polar surface area (TPSA) is 26.3 Å². The monoisotopic (exact) mass is 142 g/mol. The van der Waals surface area contributed by atoms with E-state index in [2.05, 4.69) is 13.8 Å². The molecule has 2 atom stereocenters. The quantitative estimate of drug-likeness (QED) is 0.547. The number of carbonyl (C=O) groups excluding carboxylic acids is 1. The van der Waals surface area contributed by atoms with E-state index in [9.17, 15) is 4.79 Å². The van der Waals surface area contributed by atoms with E-state index < -0.39 is 0 Å². The molecule has 1 fully saturated rings. The Morgan fingerprint density at radius 2 is 2.20 bits per heavy atom. The lowest BCUT2D eigenvalue weighted by molar-refractivity contribution is -0.183. The fourth-order valence-corrected chi connectivity index (χ4v) is 1.27. The van der Waals surface area contributed by atoms with Gasteiger partial charge in [-0.1, -0.05) is 13.8 Å². The Kier molecular flexibility index (Phi) is 1.97. The Hall–Kier alpha value is -0.530. The number of carbonyl (C=O) groups is 1. The molecule has 1 heterocycles. The molecule has 0 aliphatic carbocycles. The van der Waals surface area contributed by atoms with Crippen LogP contribution < -0.4 is 0 Å². The highest BCUT2D eigenvalue weighted by Gasteiger charge is 2.38. The molecular weight excluding hydrogens is 128 g/mol. The van der Waals surface area contributed by atoms with Gasteiger partial charge in [0, 0.05) is 0 Å². The van der Waals surface area contributed by atoms with Crippen molar-refractivity contribution in [1.29, 1.82) is 0 Å². The molecular formula is C8H14O2. The van der Waals surface area contributed by atoms with Crippen LogP contribution in [0.25, 0.3) is 0 Å². The highest BCUT2D eigenvalue weighted by molar-refractivity contribution is 5.78. The molecule has 0 aromatic heterocycles. The highest BCUT2D eigenvalue weighted by atomic mass is 16.6. The smallest absolute Gasteiger partial charge is 0.312 e. The molecule has 2 heteroatoms. The molecule has 0 radical (unpaired) electrons. The SMILES string of the molecule is CC(C)CC1C(=O)OC1C. The average molecular weight is 142 g/mol. The van der Waals surface area contributed by atoms with E-state index in [1.54, 1.807) is 0 Å². The van der Waals surface area contributed by atoms with Crippen LogP contribution in [0.1, 0.15) is 27.2 Å². The first-order chi connectivity index (χ1) is 4.61. The molecule has 0 amide bonds. The molecule has 0 bridgehead atoms. The molecule has 0 spiro atoms. The van der Waals surface area contributed by atoms with Crippen LogP contribution in [0.15, 0.2) is 0 Å². The van der Waals surface area contributed by atoms with Crippen molar-refractivity contribution in [3.05, 3.63) is 0 Å². The standard InChI is InChI=1S/C8H14O2/c1-5(2)4-7-6(3)10-8(7)9/h5-7H,4H2,1-3H3. The summed E-state index contributed by atoms with van der Waals surface area (Å²) < 4.78 is 4.81. The predicted molar refractivity (Wildman–Crippen MR) is 38.5 cm³/mol. The Morgan fingerprint density at radius 1 is 1.60 bits per heavy atom. The zero-order valence-corrected chi connectivity index (χ0v) is 6.76. The summed E-state index contributed by atoms with van der Waals surface area (Å²) in [6, 6.07) is 0. The summed E-state index contributed by atoms with van der Waals surface area (Å²) in [5.41, 5.74) is 0. The number of hydrogen-bond donors (Lipinski definition) is 0. The van der Waals surface area contributed by atoms with Crippen LogP contribution in [0.2, 0.25) is 0 Å². The van der Waals surface area contributed by atoms with E-state index in [0.29, 0.717) is 5.92 Å². The Bertz CT molecular complexity index is 140. The number of rotatable bonds is 2. The molecule has 2 unspecified atom stereocenters. The lowest BCUT2D eigenvalue weighted by Crippen LogP contribution is -2.43. The van der Waals surface area contributed by atoms with Gasteiger partial charge in [0.15, 0.2) is 0 Å². The first-order valence-corrected chi connectivity index (χ1v) is 3.81. The van der Waals surface area contributed by atoms with E-state index in [1.807, 2.05) is 6.92 Å². The number of hydrogen-bond acceptors (Lipinski definition) is 2. The van der Waals surface area contributed by atoms with E-state index in [4.69, 9.17) is 4.74 Å². The van der Waals surface area contributed by atoms with Gasteiger partial charge in [0.1, 0.15) is 6.10 Å². The Balaban J connectivity index is 2.33. The zero-order chi connectivity index (χ0) is 7.72. The Morgan fingerprint density at radius 3 is 2.40 bits per heavy atom.